The second-order valence-corrected chi connectivity index (χ2v) is 5.53. The number of piperazine rings is 1. The molecular formula is C15H25N3. The van der Waals surface area contributed by atoms with Gasteiger partial charge in [-0.1, -0.05) is 18.2 Å². The van der Waals surface area contributed by atoms with Gasteiger partial charge >= 0.3 is 0 Å². The summed E-state index contributed by atoms with van der Waals surface area (Å²) in [5, 5.41) is 0. The Kier molecular flexibility index (Phi) is 4.38. The smallest absolute Gasteiger partial charge is 0.0237 e. The molecule has 2 N–H and O–H groups in total. The lowest BCUT2D eigenvalue weighted by Gasteiger charge is -2.37. The van der Waals surface area contributed by atoms with E-state index in [2.05, 4.69) is 48.9 Å². The average Bonchev–Trinajstić information content (AvgIpc) is 2.36. The van der Waals surface area contributed by atoms with Gasteiger partial charge in [-0.05, 0) is 37.6 Å². The Balaban J connectivity index is 2.01. The summed E-state index contributed by atoms with van der Waals surface area (Å²) in [6.45, 7) is 9.68. The monoisotopic (exact) mass is 247 g/mol. The number of hydrogen-bond donors (Lipinski definition) is 1. The number of rotatable bonds is 3. The van der Waals surface area contributed by atoms with Crippen molar-refractivity contribution >= 4 is 0 Å². The Morgan fingerprint density at radius 3 is 2.72 bits per heavy atom. The van der Waals surface area contributed by atoms with Crippen molar-refractivity contribution in [3.63, 3.8) is 0 Å². The van der Waals surface area contributed by atoms with Gasteiger partial charge in [0.15, 0.2) is 0 Å². The normalized spacial score (nSPS) is 22.3. The molecule has 3 heteroatoms. The summed E-state index contributed by atoms with van der Waals surface area (Å²) >= 11 is 0. The van der Waals surface area contributed by atoms with Crippen molar-refractivity contribution in [2.24, 2.45) is 5.73 Å². The highest BCUT2D eigenvalue weighted by Gasteiger charge is 2.20. The first-order chi connectivity index (χ1) is 8.60. The van der Waals surface area contributed by atoms with Crippen LogP contribution in [0, 0.1) is 6.92 Å². The highest BCUT2D eigenvalue weighted by Crippen LogP contribution is 2.16. The van der Waals surface area contributed by atoms with Crippen LogP contribution in [0.3, 0.4) is 0 Å². The number of likely N-dealkylation sites (N-methyl/N-ethyl adjacent to an activating group) is 1. The van der Waals surface area contributed by atoms with Crippen LogP contribution in [-0.2, 0) is 13.1 Å². The van der Waals surface area contributed by atoms with E-state index in [1.54, 1.807) is 0 Å². The molecule has 1 aliphatic heterocycles. The highest BCUT2D eigenvalue weighted by molar-refractivity contribution is 5.31. The molecule has 2 rings (SSSR count). The summed E-state index contributed by atoms with van der Waals surface area (Å²) in [5.41, 5.74) is 9.70. The number of nitrogens with two attached hydrogens (primary N) is 1. The number of hydrogen-bond acceptors (Lipinski definition) is 3. The molecule has 1 aromatic carbocycles. The van der Waals surface area contributed by atoms with Gasteiger partial charge in [0, 0.05) is 38.8 Å². The van der Waals surface area contributed by atoms with Gasteiger partial charge in [0.25, 0.3) is 0 Å². The topological polar surface area (TPSA) is 32.5 Å². The van der Waals surface area contributed by atoms with Crippen LogP contribution in [0.15, 0.2) is 18.2 Å². The number of benzene rings is 1. The standard InChI is InChI=1S/C15H25N3/c1-12-8-14(9-16)4-5-15(12)11-18-7-6-17(3)13(2)10-18/h4-5,8,13H,6-7,9-11,16H2,1-3H3. The molecule has 0 aromatic heterocycles. The van der Waals surface area contributed by atoms with E-state index in [4.69, 9.17) is 5.73 Å². The molecule has 1 heterocycles. The minimum Gasteiger partial charge on any atom is -0.326 e. The molecule has 1 aromatic rings. The number of aryl methyl sites for hydroxylation is 1. The predicted octanol–water partition coefficient (Wildman–Crippen LogP) is 1.59. The van der Waals surface area contributed by atoms with Crippen molar-refractivity contribution in [1.29, 1.82) is 0 Å². The van der Waals surface area contributed by atoms with Crippen LogP contribution in [-0.4, -0.2) is 42.5 Å². The van der Waals surface area contributed by atoms with Gasteiger partial charge < -0.3 is 10.6 Å². The molecule has 1 aliphatic rings. The molecule has 1 unspecified atom stereocenters. The molecule has 0 aliphatic carbocycles. The molecule has 0 saturated carbocycles. The molecule has 1 atom stereocenters. The lowest BCUT2D eigenvalue weighted by atomic mass is 10.0. The van der Waals surface area contributed by atoms with Crippen LogP contribution < -0.4 is 5.73 Å². The van der Waals surface area contributed by atoms with E-state index in [0.717, 1.165) is 13.1 Å². The SMILES string of the molecule is Cc1cc(CN)ccc1CN1CCN(C)C(C)C1. The van der Waals surface area contributed by atoms with Crippen LogP contribution in [0.5, 0.6) is 0 Å². The van der Waals surface area contributed by atoms with E-state index in [1.807, 2.05) is 0 Å². The molecule has 0 bridgehead atoms. The van der Waals surface area contributed by atoms with Gasteiger partial charge in [0.05, 0.1) is 0 Å². The minimum atomic E-state index is 0.632. The fourth-order valence-electron chi connectivity index (χ4n) is 2.57. The third kappa shape index (κ3) is 3.10. The zero-order valence-electron chi connectivity index (χ0n) is 11.8. The maximum Gasteiger partial charge on any atom is 0.0237 e. The van der Waals surface area contributed by atoms with E-state index >= 15 is 0 Å². The Labute approximate surface area is 111 Å². The van der Waals surface area contributed by atoms with E-state index in [9.17, 15) is 0 Å². The van der Waals surface area contributed by atoms with Crippen molar-refractivity contribution in [2.45, 2.75) is 33.0 Å². The van der Waals surface area contributed by atoms with Crippen molar-refractivity contribution < 1.29 is 0 Å². The molecule has 1 saturated heterocycles. The van der Waals surface area contributed by atoms with Crippen LogP contribution in [0.25, 0.3) is 0 Å². The Hall–Kier alpha value is -0.900. The highest BCUT2D eigenvalue weighted by atomic mass is 15.3. The first-order valence-corrected chi connectivity index (χ1v) is 6.81. The first kappa shape index (κ1) is 13.5. The molecule has 0 amide bonds. The van der Waals surface area contributed by atoms with Gasteiger partial charge in [0.1, 0.15) is 0 Å². The van der Waals surface area contributed by atoms with Gasteiger partial charge in [-0.3, -0.25) is 4.90 Å². The van der Waals surface area contributed by atoms with E-state index in [1.165, 1.54) is 29.8 Å². The third-order valence-corrected chi connectivity index (χ3v) is 4.08. The van der Waals surface area contributed by atoms with Gasteiger partial charge in [0.2, 0.25) is 0 Å². The van der Waals surface area contributed by atoms with E-state index in [-0.39, 0.29) is 0 Å². The third-order valence-electron chi connectivity index (χ3n) is 4.08. The zero-order chi connectivity index (χ0) is 13.1. The maximum atomic E-state index is 5.67. The Morgan fingerprint density at radius 2 is 2.11 bits per heavy atom. The van der Waals surface area contributed by atoms with Crippen LogP contribution in [0.2, 0.25) is 0 Å². The Morgan fingerprint density at radius 1 is 1.33 bits per heavy atom. The molecular weight excluding hydrogens is 222 g/mol. The summed E-state index contributed by atoms with van der Waals surface area (Å²) < 4.78 is 0. The molecule has 18 heavy (non-hydrogen) atoms. The minimum absolute atomic E-state index is 0.632. The summed E-state index contributed by atoms with van der Waals surface area (Å²) in [5.74, 6) is 0. The first-order valence-electron chi connectivity index (χ1n) is 6.81. The lowest BCUT2D eigenvalue weighted by Crippen LogP contribution is -2.49. The van der Waals surface area contributed by atoms with Crippen molar-refractivity contribution in [3.05, 3.63) is 34.9 Å². The fraction of sp³-hybridized carbons (Fsp3) is 0.600. The van der Waals surface area contributed by atoms with Gasteiger partial charge in [-0.15, -0.1) is 0 Å². The summed E-state index contributed by atoms with van der Waals surface area (Å²) in [6.07, 6.45) is 0. The summed E-state index contributed by atoms with van der Waals surface area (Å²) in [7, 11) is 2.21. The largest absolute Gasteiger partial charge is 0.326 e. The molecule has 1 fully saturated rings. The van der Waals surface area contributed by atoms with Crippen molar-refractivity contribution in [3.8, 4) is 0 Å². The molecule has 0 radical (unpaired) electrons. The van der Waals surface area contributed by atoms with Crippen molar-refractivity contribution in [2.75, 3.05) is 26.7 Å². The average molecular weight is 247 g/mol. The Bertz CT molecular complexity index is 403. The van der Waals surface area contributed by atoms with Crippen molar-refractivity contribution in [1.82, 2.24) is 9.80 Å². The predicted molar refractivity (Wildman–Crippen MR) is 76.4 cm³/mol. The fourth-order valence-corrected chi connectivity index (χ4v) is 2.57. The maximum absolute atomic E-state index is 5.67. The van der Waals surface area contributed by atoms with E-state index in [0.29, 0.717) is 12.6 Å². The van der Waals surface area contributed by atoms with Crippen LogP contribution >= 0.6 is 0 Å². The van der Waals surface area contributed by atoms with E-state index < -0.39 is 0 Å². The summed E-state index contributed by atoms with van der Waals surface area (Å²) in [6, 6.07) is 7.26. The second-order valence-electron chi connectivity index (χ2n) is 5.53. The molecule has 3 nitrogen and oxygen atoms in total. The summed E-state index contributed by atoms with van der Waals surface area (Å²) in [4.78, 5) is 4.98. The molecule has 0 spiro atoms. The van der Waals surface area contributed by atoms with Gasteiger partial charge in [-0.25, -0.2) is 0 Å². The van der Waals surface area contributed by atoms with Gasteiger partial charge in [-0.2, -0.15) is 0 Å². The van der Waals surface area contributed by atoms with Crippen LogP contribution in [0.1, 0.15) is 23.6 Å². The quantitative estimate of drug-likeness (QED) is 0.880. The zero-order valence-corrected chi connectivity index (χ0v) is 11.8. The number of nitrogens with zero attached hydrogens (tertiary/aromatic N) is 2. The second kappa shape index (κ2) is 5.83. The van der Waals surface area contributed by atoms with Crippen LogP contribution in [0.4, 0.5) is 0 Å². The lowest BCUT2D eigenvalue weighted by molar-refractivity contribution is 0.0998. The molecule has 100 valence electrons.